The van der Waals surface area contributed by atoms with Crippen molar-refractivity contribution >= 4 is 17.5 Å². The highest BCUT2D eigenvalue weighted by Gasteiger charge is 2.27. The summed E-state index contributed by atoms with van der Waals surface area (Å²) in [5, 5.41) is 13.7. The van der Waals surface area contributed by atoms with Crippen LogP contribution in [0.2, 0.25) is 0 Å². The number of fused-ring (bicyclic) bond motifs is 2. The third kappa shape index (κ3) is 5.90. The minimum absolute atomic E-state index is 0.0551. The molecule has 186 valence electrons. The number of hydrogen-bond acceptors (Lipinski definition) is 6. The second kappa shape index (κ2) is 10.9. The van der Waals surface area contributed by atoms with Crippen LogP contribution in [0.5, 0.6) is 0 Å². The van der Waals surface area contributed by atoms with Crippen LogP contribution in [-0.4, -0.2) is 96.8 Å². The maximum Gasteiger partial charge on any atom is 0.254 e. The molecular formula is C27H34N4O4. The highest BCUT2D eigenvalue weighted by atomic mass is 16.5. The Bertz CT molecular complexity index is 1070. The van der Waals surface area contributed by atoms with Gasteiger partial charge in [-0.2, -0.15) is 0 Å². The van der Waals surface area contributed by atoms with Gasteiger partial charge in [0.1, 0.15) is 0 Å². The predicted octanol–water partition coefficient (Wildman–Crippen LogP) is 1.37. The van der Waals surface area contributed by atoms with Gasteiger partial charge in [-0.25, -0.2) is 0 Å². The molecule has 5 rings (SSSR count). The largest absolute Gasteiger partial charge is 0.390 e. The van der Waals surface area contributed by atoms with Gasteiger partial charge in [0.15, 0.2) is 0 Å². The van der Waals surface area contributed by atoms with E-state index in [1.807, 2.05) is 6.07 Å². The number of anilines is 1. The molecule has 0 aliphatic carbocycles. The summed E-state index contributed by atoms with van der Waals surface area (Å²) >= 11 is 0. The first-order valence-corrected chi connectivity index (χ1v) is 12.5. The summed E-state index contributed by atoms with van der Waals surface area (Å²) in [7, 11) is 0. The molecule has 8 heteroatoms. The van der Waals surface area contributed by atoms with Crippen LogP contribution in [0.3, 0.4) is 0 Å². The number of nitrogens with zero attached hydrogens (tertiary/aromatic N) is 3. The number of carbonyl (C=O) groups is 2. The van der Waals surface area contributed by atoms with E-state index in [0.29, 0.717) is 57.1 Å². The highest BCUT2D eigenvalue weighted by Crippen LogP contribution is 2.24. The quantitative estimate of drug-likeness (QED) is 0.626. The van der Waals surface area contributed by atoms with Gasteiger partial charge in [-0.05, 0) is 47.7 Å². The molecule has 0 radical (unpaired) electrons. The lowest BCUT2D eigenvalue weighted by Crippen LogP contribution is -2.46. The van der Waals surface area contributed by atoms with E-state index in [1.165, 1.54) is 11.1 Å². The van der Waals surface area contributed by atoms with Gasteiger partial charge in [-0.15, -0.1) is 0 Å². The first kappa shape index (κ1) is 23.9. The molecule has 2 amide bonds. The van der Waals surface area contributed by atoms with E-state index in [-0.39, 0.29) is 11.8 Å². The van der Waals surface area contributed by atoms with Gasteiger partial charge < -0.3 is 20.1 Å². The van der Waals surface area contributed by atoms with Crippen LogP contribution >= 0.6 is 0 Å². The van der Waals surface area contributed by atoms with E-state index in [9.17, 15) is 14.7 Å². The third-order valence-electron chi connectivity index (χ3n) is 7.14. The van der Waals surface area contributed by atoms with Crippen molar-refractivity contribution in [3.8, 4) is 0 Å². The zero-order valence-electron chi connectivity index (χ0n) is 20.1. The monoisotopic (exact) mass is 478 g/mol. The summed E-state index contributed by atoms with van der Waals surface area (Å²) in [5.74, 6) is -0.112. The van der Waals surface area contributed by atoms with Crippen LogP contribution in [0.25, 0.3) is 0 Å². The fraction of sp³-hybridized carbons (Fsp3) is 0.481. The number of ether oxygens (including phenoxy) is 1. The molecular weight excluding hydrogens is 444 g/mol. The lowest BCUT2D eigenvalue weighted by atomic mass is 9.97. The zero-order valence-corrected chi connectivity index (χ0v) is 20.1. The van der Waals surface area contributed by atoms with E-state index in [4.69, 9.17) is 4.74 Å². The number of amides is 2. The summed E-state index contributed by atoms with van der Waals surface area (Å²) in [6.07, 6.45) is 1.10. The van der Waals surface area contributed by atoms with Crippen LogP contribution in [0.4, 0.5) is 5.69 Å². The van der Waals surface area contributed by atoms with Crippen molar-refractivity contribution in [2.45, 2.75) is 25.5 Å². The van der Waals surface area contributed by atoms with E-state index in [2.05, 4.69) is 39.4 Å². The molecule has 8 nitrogen and oxygen atoms in total. The molecule has 2 aromatic rings. The van der Waals surface area contributed by atoms with Crippen LogP contribution in [-0.2, 0) is 28.9 Å². The Balaban J connectivity index is 1.13. The number of morpholine rings is 1. The van der Waals surface area contributed by atoms with E-state index in [0.717, 1.165) is 38.2 Å². The molecule has 3 aliphatic heterocycles. The van der Waals surface area contributed by atoms with Crippen LogP contribution in [0.15, 0.2) is 42.5 Å². The molecule has 0 bridgehead atoms. The van der Waals surface area contributed by atoms with Crippen LogP contribution in [0, 0.1) is 0 Å². The van der Waals surface area contributed by atoms with E-state index >= 15 is 0 Å². The number of carbonyl (C=O) groups excluding carboxylic acids is 2. The number of nitrogens with one attached hydrogen (secondary N) is 1. The Kier molecular flexibility index (Phi) is 7.43. The highest BCUT2D eigenvalue weighted by molar-refractivity contribution is 5.98. The van der Waals surface area contributed by atoms with Gasteiger partial charge in [-0.3, -0.25) is 19.4 Å². The summed E-state index contributed by atoms with van der Waals surface area (Å²) in [6, 6.07) is 14.0. The fourth-order valence-corrected chi connectivity index (χ4v) is 5.27. The topological polar surface area (TPSA) is 85.3 Å². The second-order valence-corrected chi connectivity index (χ2v) is 9.72. The Morgan fingerprint density at radius 1 is 0.943 bits per heavy atom. The summed E-state index contributed by atoms with van der Waals surface area (Å²) in [4.78, 5) is 31.6. The van der Waals surface area contributed by atoms with Crippen LogP contribution in [0.1, 0.15) is 27.0 Å². The second-order valence-electron chi connectivity index (χ2n) is 9.72. The van der Waals surface area contributed by atoms with Gasteiger partial charge in [-0.1, -0.05) is 24.3 Å². The zero-order chi connectivity index (χ0) is 24.2. The van der Waals surface area contributed by atoms with E-state index < -0.39 is 6.10 Å². The molecule has 0 unspecified atom stereocenters. The maximum atomic E-state index is 13.1. The normalized spacial score (nSPS) is 19.7. The maximum absolute atomic E-state index is 13.1. The Morgan fingerprint density at radius 2 is 1.71 bits per heavy atom. The minimum Gasteiger partial charge on any atom is -0.390 e. The Hall–Kier alpha value is -2.78. The molecule has 1 saturated heterocycles. The summed E-state index contributed by atoms with van der Waals surface area (Å²) in [6.45, 7) is 6.39. The number of β-amino-alcohol motifs (C(OH)–C–C–N with tert-alkyl or cyclic N) is 1. The van der Waals surface area contributed by atoms with Gasteiger partial charge in [0.25, 0.3) is 5.91 Å². The Labute approximate surface area is 206 Å². The Morgan fingerprint density at radius 3 is 2.54 bits per heavy atom. The average molecular weight is 479 g/mol. The van der Waals surface area contributed by atoms with Gasteiger partial charge >= 0.3 is 0 Å². The SMILES string of the molecule is O=C(CN1CCOCC1)Nc1ccc2c(c1)CCN(C[C@H](O)CN1CCc3ccccc3C1)C2=O. The van der Waals surface area contributed by atoms with Crippen molar-refractivity contribution in [2.24, 2.45) is 0 Å². The fourth-order valence-electron chi connectivity index (χ4n) is 5.27. The lowest BCUT2D eigenvalue weighted by molar-refractivity contribution is -0.118. The lowest BCUT2D eigenvalue weighted by Gasteiger charge is -2.34. The van der Waals surface area contributed by atoms with Crippen molar-refractivity contribution in [2.75, 3.05) is 64.3 Å². The molecule has 2 aromatic carbocycles. The molecule has 2 N–H and O–H groups in total. The summed E-state index contributed by atoms with van der Waals surface area (Å²) < 4.78 is 5.33. The molecule has 0 spiro atoms. The third-order valence-corrected chi connectivity index (χ3v) is 7.14. The molecule has 3 aliphatic rings. The number of aliphatic hydroxyl groups excluding tert-OH is 1. The minimum atomic E-state index is -0.593. The van der Waals surface area contributed by atoms with Gasteiger partial charge in [0, 0.05) is 57.1 Å². The van der Waals surface area contributed by atoms with Crippen molar-refractivity contribution in [3.63, 3.8) is 0 Å². The molecule has 1 fully saturated rings. The van der Waals surface area contributed by atoms with Crippen molar-refractivity contribution in [1.82, 2.24) is 14.7 Å². The summed E-state index contributed by atoms with van der Waals surface area (Å²) in [5.41, 5.74) is 5.02. The smallest absolute Gasteiger partial charge is 0.254 e. The number of hydrogen-bond donors (Lipinski definition) is 2. The van der Waals surface area contributed by atoms with Crippen molar-refractivity contribution in [3.05, 3.63) is 64.7 Å². The average Bonchev–Trinajstić information content (AvgIpc) is 2.86. The number of aliphatic hydroxyl groups is 1. The molecule has 0 aromatic heterocycles. The van der Waals surface area contributed by atoms with Gasteiger partial charge in [0.05, 0.1) is 25.9 Å². The first-order chi connectivity index (χ1) is 17.0. The van der Waals surface area contributed by atoms with Crippen LogP contribution < -0.4 is 5.32 Å². The molecule has 1 atom stereocenters. The number of benzene rings is 2. The van der Waals surface area contributed by atoms with Crippen molar-refractivity contribution in [1.29, 1.82) is 0 Å². The molecule has 35 heavy (non-hydrogen) atoms. The number of rotatable bonds is 7. The van der Waals surface area contributed by atoms with Gasteiger partial charge in [0.2, 0.25) is 5.91 Å². The van der Waals surface area contributed by atoms with E-state index in [1.54, 1.807) is 17.0 Å². The predicted molar refractivity (Wildman–Crippen MR) is 133 cm³/mol. The standard InChI is InChI=1S/C27H34N4O4/c32-24(17-30-9-7-20-3-1-2-4-22(20)16-30)18-31-10-8-21-15-23(5-6-25(21)27(31)34)28-26(33)19-29-11-13-35-14-12-29/h1-6,15,24,32H,7-14,16-19H2,(H,28,33)/t24-/m1/s1. The van der Waals surface area contributed by atoms with Crippen molar-refractivity contribution < 1.29 is 19.4 Å². The molecule has 3 heterocycles. The molecule has 0 saturated carbocycles. The first-order valence-electron chi connectivity index (χ1n) is 12.5.